The quantitative estimate of drug-likeness (QED) is 0.562. The Morgan fingerprint density at radius 1 is 1.07 bits per heavy atom. The summed E-state index contributed by atoms with van der Waals surface area (Å²) in [7, 11) is 0. The highest BCUT2D eigenvalue weighted by molar-refractivity contribution is 7.15. The summed E-state index contributed by atoms with van der Waals surface area (Å²) in [5.41, 5.74) is 2.15. The first-order valence-electron chi connectivity index (χ1n) is 9.16. The fraction of sp³-hybridized carbons (Fsp3) is 0.143. The van der Waals surface area contributed by atoms with E-state index in [1.165, 1.54) is 17.6 Å². The van der Waals surface area contributed by atoms with E-state index in [0.29, 0.717) is 30.3 Å². The minimum atomic E-state index is -0.339. The zero-order valence-electron chi connectivity index (χ0n) is 15.3. The number of para-hydroxylation sites is 1. The molecule has 0 unspecified atom stereocenters. The molecule has 1 aliphatic rings. The van der Waals surface area contributed by atoms with Crippen LogP contribution < -0.4 is 5.32 Å². The molecule has 7 nitrogen and oxygen atoms in total. The van der Waals surface area contributed by atoms with E-state index in [1.807, 2.05) is 30.3 Å². The summed E-state index contributed by atoms with van der Waals surface area (Å²) in [6.45, 7) is 1.02. The molecule has 5 rings (SSSR count). The van der Waals surface area contributed by atoms with Crippen molar-refractivity contribution in [2.75, 3.05) is 11.9 Å². The van der Waals surface area contributed by atoms with Crippen molar-refractivity contribution in [3.63, 3.8) is 0 Å². The lowest BCUT2D eigenvalue weighted by Crippen LogP contribution is -2.35. The van der Waals surface area contributed by atoms with Crippen LogP contribution in [0.15, 0.2) is 59.2 Å². The Kier molecular flexibility index (Phi) is 4.33. The van der Waals surface area contributed by atoms with Crippen LogP contribution in [0.4, 0.5) is 5.13 Å². The number of furan rings is 1. The van der Waals surface area contributed by atoms with Crippen LogP contribution >= 0.6 is 11.3 Å². The maximum absolute atomic E-state index is 13.0. The van der Waals surface area contributed by atoms with Gasteiger partial charge in [0, 0.05) is 23.2 Å². The third-order valence-electron chi connectivity index (χ3n) is 4.80. The number of hydrogen-bond acceptors (Lipinski definition) is 6. The van der Waals surface area contributed by atoms with Gasteiger partial charge < -0.3 is 9.32 Å². The van der Waals surface area contributed by atoms with Gasteiger partial charge in [-0.15, -0.1) is 0 Å². The molecule has 4 aromatic rings. The third kappa shape index (κ3) is 3.38. The van der Waals surface area contributed by atoms with Crippen molar-refractivity contribution in [2.45, 2.75) is 13.0 Å². The maximum Gasteiger partial charge on any atom is 0.293 e. The van der Waals surface area contributed by atoms with E-state index < -0.39 is 0 Å². The molecular weight excluding hydrogens is 388 g/mol. The van der Waals surface area contributed by atoms with Gasteiger partial charge in [-0.3, -0.25) is 14.9 Å². The first-order valence-corrected chi connectivity index (χ1v) is 9.97. The van der Waals surface area contributed by atoms with Crippen LogP contribution in [0.2, 0.25) is 0 Å². The number of aromatic nitrogens is 2. The minimum absolute atomic E-state index is 0.101. The second kappa shape index (κ2) is 7.14. The summed E-state index contributed by atoms with van der Waals surface area (Å²) in [4.78, 5) is 36.9. The molecule has 144 valence electrons. The molecule has 0 bridgehead atoms. The zero-order valence-corrected chi connectivity index (χ0v) is 16.1. The second-order valence-electron chi connectivity index (χ2n) is 6.69. The summed E-state index contributed by atoms with van der Waals surface area (Å²) < 4.78 is 5.10. The predicted molar refractivity (Wildman–Crippen MR) is 109 cm³/mol. The number of amides is 2. The van der Waals surface area contributed by atoms with Crippen LogP contribution in [0, 0.1) is 0 Å². The fourth-order valence-electron chi connectivity index (χ4n) is 3.34. The van der Waals surface area contributed by atoms with Crippen molar-refractivity contribution in [3.05, 3.63) is 76.8 Å². The van der Waals surface area contributed by atoms with Gasteiger partial charge in [-0.05, 0) is 24.3 Å². The molecular formula is C21H16N4O3S. The average molecular weight is 404 g/mol. The van der Waals surface area contributed by atoms with Crippen LogP contribution in [-0.4, -0.2) is 33.2 Å². The molecule has 0 radical (unpaired) electrons. The molecule has 1 N–H and O–H groups in total. The van der Waals surface area contributed by atoms with Crippen molar-refractivity contribution in [3.8, 4) is 0 Å². The largest absolute Gasteiger partial charge is 0.459 e. The lowest BCUT2D eigenvalue weighted by atomic mass is 10.1. The van der Waals surface area contributed by atoms with E-state index >= 15 is 0 Å². The maximum atomic E-state index is 13.0. The molecule has 0 saturated carbocycles. The van der Waals surface area contributed by atoms with Gasteiger partial charge >= 0.3 is 0 Å². The van der Waals surface area contributed by atoms with Crippen LogP contribution in [0.1, 0.15) is 31.6 Å². The average Bonchev–Trinajstić information content (AvgIpc) is 3.42. The van der Waals surface area contributed by atoms with E-state index in [0.717, 1.165) is 21.5 Å². The Morgan fingerprint density at radius 3 is 2.83 bits per heavy atom. The third-order valence-corrected chi connectivity index (χ3v) is 5.80. The van der Waals surface area contributed by atoms with Crippen molar-refractivity contribution < 1.29 is 14.0 Å². The lowest BCUT2D eigenvalue weighted by molar-refractivity contribution is 0.0730. The normalized spacial score (nSPS) is 13.3. The summed E-state index contributed by atoms with van der Waals surface area (Å²) in [5, 5.41) is 4.27. The number of nitrogens with zero attached hydrogens (tertiary/aromatic N) is 3. The van der Waals surface area contributed by atoms with Crippen molar-refractivity contribution >= 4 is 39.2 Å². The molecule has 1 aromatic carbocycles. The van der Waals surface area contributed by atoms with E-state index in [-0.39, 0.29) is 17.6 Å². The van der Waals surface area contributed by atoms with Gasteiger partial charge in [0.05, 0.1) is 24.0 Å². The van der Waals surface area contributed by atoms with Gasteiger partial charge in [0.2, 0.25) is 0 Å². The van der Waals surface area contributed by atoms with E-state index in [1.54, 1.807) is 23.1 Å². The summed E-state index contributed by atoms with van der Waals surface area (Å²) in [6, 6.07) is 14.7. The van der Waals surface area contributed by atoms with E-state index in [4.69, 9.17) is 4.42 Å². The summed E-state index contributed by atoms with van der Waals surface area (Å²) in [5.74, 6) is -0.206. The Balaban J connectivity index is 1.33. The molecule has 2 amide bonds. The lowest BCUT2D eigenvalue weighted by Gasteiger charge is -2.25. The smallest absolute Gasteiger partial charge is 0.293 e. The van der Waals surface area contributed by atoms with E-state index in [2.05, 4.69) is 15.3 Å². The molecule has 4 heterocycles. The van der Waals surface area contributed by atoms with Crippen molar-refractivity contribution in [1.29, 1.82) is 0 Å². The number of anilines is 1. The van der Waals surface area contributed by atoms with Crippen molar-refractivity contribution in [2.24, 2.45) is 0 Å². The Labute approximate surface area is 170 Å². The summed E-state index contributed by atoms with van der Waals surface area (Å²) >= 11 is 1.38. The van der Waals surface area contributed by atoms with Crippen LogP contribution in [-0.2, 0) is 13.0 Å². The number of fused-ring (bicyclic) bond motifs is 2. The molecule has 0 saturated heterocycles. The number of carbonyl (C=O) groups excluding carboxylic acids is 2. The Bertz CT molecular complexity index is 1220. The van der Waals surface area contributed by atoms with Gasteiger partial charge in [-0.2, -0.15) is 0 Å². The second-order valence-corrected chi connectivity index (χ2v) is 7.77. The van der Waals surface area contributed by atoms with Crippen LogP contribution in [0.25, 0.3) is 10.9 Å². The number of rotatable bonds is 3. The standard InChI is InChI=1S/C21H16N4O3S/c26-19(17-6-3-11-28-17)24-21-23-15-9-10-25(12-18(15)29-21)20(27)16-8-7-13-4-1-2-5-14(13)22-16/h1-8,11H,9-10,12H2,(H,23,24,26). The molecule has 3 aromatic heterocycles. The highest BCUT2D eigenvalue weighted by Crippen LogP contribution is 2.29. The Hall–Kier alpha value is -3.52. The molecule has 0 atom stereocenters. The van der Waals surface area contributed by atoms with Gasteiger partial charge in [-0.25, -0.2) is 9.97 Å². The number of hydrogen-bond donors (Lipinski definition) is 1. The number of benzene rings is 1. The number of thiazole rings is 1. The molecule has 1 aliphatic heterocycles. The minimum Gasteiger partial charge on any atom is -0.459 e. The first kappa shape index (κ1) is 17.6. The van der Waals surface area contributed by atoms with Gasteiger partial charge in [0.15, 0.2) is 10.9 Å². The molecule has 29 heavy (non-hydrogen) atoms. The Morgan fingerprint density at radius 2 is 1.97 bits per heavy atom. The van der Waals surface area contributed by atoms with Gasteiger partial charge in [-0.1, -0.05) is 35.6 Å². The SMILES string of the molecule is O=C(Nc1nc2c(s1)CN(C(=O)c1ccc3ccccc3n1)CC2)c1ccco1. The summed E-state index contributed by atoms with van der Waals surface area (Å²) in [6.07, 6.45) is 2.09. The van der Waals surface area contributed by atoms with Crippen LogP contribution in [0.3, 0.4) is 0 Å². The zero-order chi connectivity index (χ0) is 19.8. The van der Waals surface area contributed by atoms with E-state index in [9.17, 15) is 9.59 Å². The van der Waals surface area contributed by atoms with Gasteiger partial charge in [0.25, 0.3) is 11.8 Å². The monoisotopic (exact) mass is 404 g/mol. The highest BCUT2D eigenvalue weighted by atomic mass is 32.1. The molecule has 0 aliphatic carbocycles. The number of nitrogens with one attached hydrogen (secondary N) is 1. The van der Waals surface area contributed by atoms with Crippen LogP contribution in [0.5, 0.6) is 0 Å². The number of carbonyl (C=O) groups is 2. The first-order chi connectivity index (χ1) is 14.2. The number of pyridine rings is 1. The highest BCUT2D eigenvalue weighted by Gasteiger charge is 2.26. The predicted octanol–water partition coefficient (Wildman–Crippen LogP) is 3.74. The fourth-order valence-corrected chi connectivity index (χ4v) is 4.35. The molecule has 8 heteroatoms. The topological polar surface area (TPSA) is 88.3 Å². The molecule has 0 spiro atoms. The van der Waals surface area contributed by atoms with Gasteiger partial charge in [0.1, 0.15) is 5.69 Å². The van der Waals surface area contributed by atoms with Crippen molar-refractivity contribution in [1.82, 2.24) is 14.9 Å². The molecule has 0 fully saturated rings.